The van der Waals surface area contributed by atoms with Crippen LogP contribution in [0.4, 0.5) is 0 Å². The number of thioether (sulfide) groups is 2. The van der Waals surface area contributed by atoms with Crippen molar-refractivity contribution in [2.45, 2.75) is 22.6 Å². The third kappa shape index (κ3) is 3.90. The Morgan fingerprint density at radius 1 is 0.950 bits per heavy atom. The molecule has 0 saturated carbocycles. The number of Topliss-reactive ketones (excluding diaryl/α,β-unsaturated/α-hetero) is 1. The van der Waals surface area contributed by atoms with Crippen molar-refractivity contribution < 1.29 is 4.79 Å². The molecule has 0 heterocycles. The standard InChI is InChI=1S/C17H18OS2/c1-19-14-10-7-13(8-11-14)9-12-16(18)15-5-3-4-6-17(15)20-2/h3-8,10-11H,9,12H2,1-2H3. The Kier molecular flexibility index (Phi) is 5.74. The summed E-state index contributed by atoms with van der Waals surface area (Å²) in [5.41, 5.74) is 2.07. The van der Waals surface area contributed by atoms with Crippen LogP contribution < -0.4 is 0 Å². The van der Waals surface area contributed by atoms with Crippen LogP contribution in [-0.4, -0.2) is 18.3 Å². The molecule has 104 valence electrons. The normalized spacial score (nSPS) is 10.5. The van der Waals surface area contributed by atoms with Crippen LogP contribution in [0.3, 0.4) is 0 Å². The second-order valence-electron chi connectivity index (χ2n) is 4.47. The van der Waals surface area contributed by atoms with Crippen molar-refractivity contribution >= 4 is 29.3 Å². The molecule has 0 fully saturated rings. The van der Waals surface area contributed by atoms with Crippen LogP contribution in [0, 0.1) is 0 Å². The zero-order chi connectivity index (χ0) is 14.4. The van der Waals surface area contributed by atoms with Crippen LogP contribution >= 0.6 is 23.5 Å². The second-order valence-corrected chi connectivity index (χ2v) is 6.20. The van der Waals surface area contributed by atoms with Crippen LogP contribution in [-0.2, 0) is 6.42 Å². The molecule has 0 atom stereocenters. The van der Waals surface area contributed by atoms with Crippen LogP contribution in [0.2, 0.25) is 0 Å². The molecule has 0 saturated heterocycles. The van der Waals surface area contributed by atoms with Gasteiger partial charge in [0.15, 0.2) is 5.78 Å². The Morgan fingerprint density at radius 3 is 2.30 bits per heavy atom. The van der Waals surface area contributed by atoms with Gasteiger partial charge in [0, 0.05) is 21.8 Å². The largest absolute Gasteiger partial charge is 0.294 e. The lowest BCUT2D eigenvalue weighted by atomic mass is 10.0. The van der Waals surface area contributed by atoms with Gasteiger partial charge in [-0.1, -0.05) is 30.3 Å². The van der Waals surface area contributed by atoms with Gasteiger partial charge in [-0.05, 0) is 42.7 Å². The van der Waals surface area contributed by atoms with Gasteiger partial charge in [-0.2, -0.15) is 0 Å². The zero-order valence-corrected chi connectivity index (χ0v) is 13.4. The Hall–Kier alpha value is -1.19. The summed E-state index contributed by atoms with van der Waals surface area (Å²) in [6.45, 7) is 0. The van der Waals surface area contributed by atoms with Gasteiger partial charge in [0.2, 0.25) is 0 Å². The SMILES string of the molecule is CSc1ccc(CCC(=O)c2ccccc2SC)cc1. The molecule has 20 heavy (non-hydrogen) atoms. The maximum absolute atomic E-state index is 12.3. The van der Waals surface area contributed by atoms with Crippen molar-refractivity contribution in [2.24, 2.45) is 0 Å². The number of benzene rings is 2. The highest BCUT2D eigenvalue weighted by Gasteiger charge is 2.10. The average molecular weight is 302 g/mol. The van der Waals surface area contributed by atoms with Crippen LogP contribution in [0.25, 0.3) is 0 Å². The van der Waals surface area contributed by atoms with E-state index in [2.05, 4.69) is 30.5 Å². The molecule has 1 nitrogen and oxygen atoms in total. The third-order valence-corrected chi connectivity index (χ3v) is 4.75. The molecule has 0 spiro atoms. The summed E-state index contributed by atoms with van der Waals surface area (Å²) in [6.07, 6.45) is 5.44. The van der Waals surface area contributed by atoms with Gasteiger partial charge in [0.25, 0.3) is 0 Å². The average Bonchev–Trinajstić information content (AvgIpc) is 2.53. The fourth-order valence-corrected chi connectivity index (χ4v) is 3.08. The molecule has 2 aromatic rings. The Bertz CT molecular complexity index is 576. The number of rotatable bonds is 6. The highest BCUT2D eigenvalue weighted by Crippen LogP contribution is 2.22. The van der Waals surface area contributed by atoms with Gasteiger partial charge in [-0.25, -0.2) is 0 Å². The first-order valence-corrected chi connectivity index (χ1v) is 8.98. The van der Waals surface area contributed by atoms with Crippen LogP contribution in [0.1, 0.15) is 22.3 Å². The molecule has 0 aliphatic carbocycles. The molecular weight excluding hydrogens is 284 g/mol. The maximum atomic E-state index is 12.3. The van der Waals surface area contributed by atoms with E-state index in [1.807, 2.05) is 30.5 Å². The molecule has 2 aromatic carbocycles. The number of aryl methyl sites for hydroxylation is 1. The molecule has 0 radical (unpaired) electrons. The van der Waals surface area contributed by atoms with E-state index < -0.39 is 0 Å². The first-order chi connectivity index (χ1) is 9.74. The maximum Gasteiger partial charge on any atom is 0.164 e. The lowest BCUT2D eigenvalue weighted by Crippen LogP contribution is -2.02. The molecule has 0 amide bonds. The molecule has 0 aliphatic heterocycles. The summed E-state index contributed by atoms with van der Waals surface area (Å²) >= 11 is 3.36. The fraction of sp³-hybridized carbons (Fsp3) is 0.235. The van der Waals surface area contributed by atoms with E-state index in [1.165, 1.54) is 10.5 Å². The highest BCUT2D eigenvalue weighted by molar-refractivity contribution is 7.98. The molecule has 0 aromatic heterocycles. The number of hydrogen-bond acceptors (Lipinski definition) is 3. The van der Waals surface area contributed by atoms with Gasteiger partial charge in [-0.3, -0.25) is 4.79 Å². The first-order valence-electron chi connectivity index (χ1n) is 6.53. The predicted octanol–water partition coefficient (Wildman–Crippen LogP) is 4.95. The molecular formula is C17H18OS2. The summed E-state index contributed by atoms with van der Waals surface area (Å²) in [5.74, 6) is 0.226. The summed E-state index contributed by atoms with van der Waals surface area (Å²) in [6, 6.07) is 16.3. The minimum absolute atomic E-state index is 0.226. The minimum atomic E-state index is 0.226. The number of carbonyl (C=O) groups is 1. The molecule has 0 aliphatic rings. The van der Waals surface area contributed by atoms with Crippen LogP contribution in [0.5, 0.6) is 0 Å². The van der Waals surface area contributed by atoms with Gasteiger partial charge >= 0.3 is 0 Å². The third-order valence-electron chi connectivity index (χ3n) is 3.21. The van der Waals surface area contributed by atoms with Crippen molar-refractivity contribution in [3.63, 3.8) is 0 Å². The second kappa shape index (κ2) is 7.55. The van der Waals surface area contributed by atoms with Gasteiger partial charge in [0.1, 0.15) is 0 Å². The smallest absolute Gasteiger partial charge is 0.164 e. The minimum Gasteiger partial charge on any atom is -0.294 e. The number of ketones is 1. The number of hydrogen-bond donors (Lipinski definition) is 0. The Balaban J connectivity index is 2.01. The fourth-order valence-electron chi connectivity index (χ4n) is 2.06. The first kappa shape index (κ1) is 15.2. The van der Waals surface area contributed by atoms with Crippen molar-refractivity contribution in [3.8, 4) is 0 Å². The van der Waals surface area contributed by atoms with E-state index in [0.29, 0.717) is 6.42 Å². The van der Waals surface area contributed by atoms with Crippen molar-refractivity contribution in [1.29, 1.82) is 0 Å². The summed E-state index contributed by atoms with van der Waals surface area (Å²) in [7, 11) is 0. The number of carbonyl (C=O) groups excluding carboxylic acids is 1. The van der Waals surface area contributed by atoms with Crippen molar-refractivity contribution in [2.75, 3.05) is 12.5 Å². The summed E-state index contributed by atoms with van der Waals surface area (Å²) in [4.78, 5) is 14.6. The van der Waals surface area contributed by atoms with Crippen molar-refractivity contribution in [3.05, 3.63) is 59.7 Å². The van der Waals surface area contributed by atoms with Gasteiger partial charge in [0.05, 0.1) is 0 Å². The Labute approximate surface area is 129 Å². The summed E-state index contributed by atoms with van der Waals surface area (Å²) < 4.78 is 0. The van der Waals surface area contributed by atoms with E-state index in [4.69, 9.17) is 0 Å². The molecule has 0 unspecified atom stereocenters. The molecule has 0 N–H and O–H groups in total. The molecule has 0 bridgehead atoms. The van der Waals surface area contributed by atoms with E-state index >= 15 is 0 Å². The van der Waals surface area contributed by atoms with Gasteiger partial charge in [-0.15, -0.1) is 23.5 Å². The lowest BCUT2D eigenvalue weighted by Gasteiger charge is -2.06. The summed E-state index contributed by atoms with van der Waals surface area (Å²) in [5, 5.41) is 0. The Morgan fingerprint density at radius 2 is 1.65 bits per heavy atom. The topological polar surface area (TPSA) is 17.1 Å². The van der Waals surface area contributed by atoms with Crippen LogP contribution in [0.15, 0.2) is 58.3 Å². The molecule has 2 rings (SSSR count). The van der Waals surface area contributed by atoms with Crippen molar-refractivity contribution in [1.82, 2.24) is 0 Å². The van der Waals surface area contributed by atoms with Gasteiger partial charge < -0.3 is 0 Å². The van der Waals surface area contributed by atoms with E-state index in [9.17, 15) is 4.79 Å². The predicted molar refractivity (Wildman–Crippen MR) is 89.1 cm³/mol. The zero-order valence-electron chi connectivity index (χ0n) is 11.8. The quantitative estimate of drug-likeness (QED) is 0.555. The van der Waals surface area contributed by atoms with E-state index in [0.717, 1.165) is 16.9 Å². The lowest BCUT2D eigenvalue weighted by molar-refractivity contribution is 0.0980. The highest BCUT2D eigenvalue weighted by atomic mass is 32.2. The van der Waals surface area contributed by atoms with E-state index in [1.54, 1.807) is 23.5 Å². The van der Waals surface area contributed by atoms with E-state index in [-0.39, 0.29) is 5.78 Å². The molecule has 3 heteroatoms. The monoisotopic (exact) mass is 302 g/mol.